The molecule has 0 radical (unpaired) electrons. The molecule has 0 unspecified atom stereocenters. The van der Waals surface area contributed by atoms with Gasteiger partial charge in [-0.1, -0.05) is 35.6 Å². The number of nitrogens with zero attached hydrogens (tertiary/aromatic N) is 3. The van der Waals surface area contributed by atoms with Crippen molar-refractivity contribution in [2.45, 2.75) is 53.4 Å². The summed E-state index contributed by atoms with van der Waals surface area (Å²) in [4.78, 5) is 32.6. The lowest BCUT2D eigenvalue weighted by Crippen LogP contribution is -2.40. The van der Waals surface area contributed by atoms with Crippen LogP contribution in [-0.2, 0) is 16.1 Å². The number of esters is 1. The van der Waals surface area contributed by atoms with E-state index in [0.717, 1.165) is 11.1 Å². The van der Waals surface area contributed by atoms with Gasteiger partial charge in [0.05, 0.1) is 59.9 Å². The zero-order valence-corrected chi connectivity index (χ0v) is 28.6. The average molecular weight is 668 g/mol. The minimum Gasteiger partial charge on any atom is -0.493 e. The summed E-state index contributed by atoms with van der Waals surface area (Å²) in [5.41, 5.74) is 3.30. The maximum atomic E-state index is 14.2. The molecule has 0 N–H and O–H groups in total. The summed E-state index contributed by atoms with van der Waals surface area (Å²) in [7, 11) is 1.55. The Morgan fingerprint density at radius 1 is 1.00 bits per heavy atom. The van der Waals surface area contributed by atoms with E-state index in [2.05, 4.69) is 11.1 Å². The van der Waals surface area contributed by atoms with Gasteiger partial charge in [0.2, 0.25) is 0 Å². The number of thiazole rings is 1. The Hall–Kier alpha value is -5.34. The van der Waals surface area contributed by atoms with Crippen molar-refractivity contribution in [1.29, 1.82) is 5.26 Å². The maximum Gasteiger partial charge on any atom is 0.338 e. The molecule has 1 aliphatic heterocycles. The minimum absolute atomic E-state index is 0.0777. The summed E-state index contributed by atoms with van der Waals surface area (Å²) >= 11 is 1.23. The number of ether oxygens (including phenoxy) is 5. The van der Waals surface area contributed by atoms with Gasteiger partial charge >= 0.3 is 5.97 Å². The van der Waals surface area contributed by atoms with Crippen LogP contribution in [0.1, 0.15) is 62.9 Å². The summed E-state index contributed by atoms with van der Waals surface area (Å²) in [6.07, 6.45) is 1.70. The van der Waals surface area contributed by atoms with Gasteiger partial charge in [-0.2, -0.15) is 5.26 Å². The van der Waals surface area contributed by atoms with E-state index in [9.17, 15) is 9.59 Å². The molecule has 1 atom stereocenters. The second-order valence-electron chi connectivity index (χ2n) is 11.1. The van der Waals surface area contributed by atoms with Gasteiger partial charge in [0, 0.05) is 0 Å². The first kappa shape index (κ1) is 34.0. The Morgan fingerprint density at radius 3 is 2.42 bits per heavy atom. The highest BCUT2D eigenvalue weighted by Crippen LogP contribution is 2.36. The minimum atomic E-state index is -0.804. The number of allylic oxidation sites excluding steroid dienone is 1. The number of benzene rings is 3. The normalized spacial score (nSPS) is 14.2. The molecule has 2 heterocycles. The van der Waals surface area contributed by atoms with Crippen LogP contribution in [0.5, 0.6) is 23.0 Å². The Morgan fingerprint density at radius 2 is 1.75 bits per heavy atom. The van der Waals surface area contributed by atoms with E-state index in [1.54, 1.807) is 57.4 Å². The van der Waals surface area contributed by atoms with Crippen LogP contribution in [0.2, 0.25) is 0 Å². The molecule has 4 aromatic rings. The molecule has 248 valence electrons. The molecular formula is C37H37N3O7S. The Balaban J connectivity index is 1.56. The lowest BCUT2D eigenvalue weighted by Gasteiger charge is -2.25. The van der Waals surface area contributed by atoms with Crippen molar-refractivity contribution in [3.05, 3.63) is 114 Å². The van der Waals surface area contributed by atoms with Crippen LogP contribution in [0, 0.1) is 11.3 Å². The molecule has 0 spiro atoms. The number of fused-ring (bicyclic) bond motifs is 1. The largest absolute Gasteiger partial charge is 0.493 e. The van der Waals surface area contributed by atoms with Crippen LogP contribution in [0.3, 0.4) is 0 Å². The average Bonchev–Trinajstić information content (AvgIpc) is 3.37. The van der Waals surface area contributed by atoms with Crippen molar-refractivity contribution < 1.29 is 28.5 Å². The fourth-order valence-electron chi connectivity index (χ4n) is 5.30. The first-order chi connectivity index (χ1) is 23.2. The summed E-state index contributed by atoms with van der Waals surface area (Å²) in [5, 5.41) is 9.06. The third-order valence-electron chi connectivity index (χ3n) is 7.43. The van der Waals surface area contributed by atoms with E-state index in [4.69, 9.17) is 28.9 Å². The molecule has 10 nitrogen and oxygen atoms in total. The fourth-order valence-corrected chi connectivity index (χ4v) is 6.35. The van der Waals surface area contributed by atoms with Crippen LogP contribution in [0.4, 0.5) is 0 Å². The Bertz CT molecular complexity index is 2070. The lowest BCUT2D eigenvalue weighted by molar-refractivity contribution is -0.139. The molecule has 48 heavy (non-hydrogen) atoms. The van der Waals surface area contributed by atoms with E-state index in [1.165, 1.54) is 15.9 Å². The summed E-state index contributed by atoms with van der Waals surface area (Å²) in [6.45, 7) is 10.1. The van der Waals surface area contributed by atoms with Crippen LogP contribution < -0.4 is 33.8 Å². The molecule has 1 aromatic heterocycles. The Labute approximate surface area is 282 Å². The summed E-state index contributed by atoms with van der Waals surface area (Å²) in [5.74, 6) is 1.57. The van der Waals surface area contributed by atoms with Gasteiger partial charge in [0.25, 0.3) is 5.56 Å². The van der Waals surface area contributed by atoms with E-state index >= 15 is 0 Å². The predicted molar refractivity (Wildman–Crippen MR) is 182 cm³/mol. The van der Waals surface area contributed by atoms with Gasteiger partial charge in [-0.05, 0) is 93.8 Å². The van der Waals surface area contributed by atoms with Gasteiger partial charge in [0.15, 0.2) is 27.8 Å². The third-order valence-corrected chi connectivity index (χ3v) is 8.41. The monoisotopic (exact) mass is 667 g/mol. The molecule has 0 fully saturated rings. The lowest BCUT2D eigenvalue weighted by atomic mass is 9.95. The molecule has 1 aliphatic rings. The molecule has 3 aromatic carbocycles. The summed E-state index contributed by atoms with van der Waals surface area (Å²) < 4.78 is 30.9. The zero-order valence-electron chi connectivity index (χ0n) is 27.7. The van der Waals surface area contributed by atoms with Crippen molar-refractivity contribution in [2.24, 2.45) is 4.99 Å². The number of nitriles is 1. The van der Waals surface area contributed by atoms with Crippen molar-refractivity contribution in [3.63, 3.8) is 0 Å². The molecule has 0 amide bonds. The van der Waals surface area contributed by atoms with Crippen LogP contribution in [0.25, 0.3) is 6.08 Å². The van der Waals surface area contributed by atoms with Crippen LogP contribution in [0.15, 0.2) is 81.7 Å². The van der Waals surface area contributed by atoms with Crippen molar-refractivity contribution in [3.8, 4) is 29.1 Å². The number of carbonyl (C=O) groups is 1. The van der Waals surface area contributed by atoms with Gasteiger partial charge in [-0.25, -0.2) is 9.79 Å². The maximum absolute atomic E-state index is 14.2. The van der Waals surface area contributed by atoms with E-state index in [1.807, 2.05) is 51.1 Å². The highest BCUT2D eigenvalue weighted by Gasteiger charge is 2.34. The number of carbonyl (C=O) groups excluding carboxylic acids is 1. The number of aromatic nitrogens is 1. The van der Waals surface area contributed by atoms with E-state index in [-0.39, 0.29) is 23.8 Å². The molecule has 0 saturated heterocycles. The molecule has 0 saturated carbocycles. The van der Waals surface area contributed by atoms with E-state index < -0.39 is 12.0 Å². The molecule has 11 heteroatoms. The van der Waals surface area contributed by atoms with Gasteiger partial charge in [0.1, 0.15) is 6.61 Å². The van der Waals surface area contributed by atoms with Crippen LogP contribution >= 0.6 is 11.3 Å². The van der Waals surface area contributed by atoms with Crippen molar-refractivity contribution >= 4 is 23.4 Å². The third kappa shape index (κ3) is 7.29. The van der Waals surface area contributed by atoms with Gasteiger partial charge in [-0.15, -0.1) is 0 Å². The first-order valence-corrected chi connectivity index (χ1v) is 16.4. The number of hydrogen-bond acceptors (Lipinski definition) is 10. The van der Waals surface area contributed by atoms with Crippen molar-refractivity contribution in [1.82, 2.24) is 4.57 Å². The highest BCUT2D eigenvalue weighted by molar-refractivity contribution is 7.07. The predicted octanol–water partition coefficient (Wildman–Crippen LogP) is 5.44. The molecule has 0 aliphatic carbocycles. The SMILES string of the molecule is CCOC(=O)C1=C(C)N=c2s/c(=C/c3ccc(OCc4ccc(C#N)cc4)c(OCC)c3)c(=O)n2[C@@H]1c1ccc(OC(C)C)c(OC)c1. The number of methoxy groups -OCH3 is 1. The molecular weight excluding hydrogens is 630 g/mol. The van der Waals surface area contributed by atoms with Gasteiger partial charge in [-0.3, -0.25) is 9.36 Å². The fraction of sp³-hybridized carbons (Fsp3) is 0.297. The van der Waals surface area contributed by atoms with Crippen LogP contribution in [-0.4, -0.2) is 37.0 Å². The summed E-state index contributed by atoms with van der Waals surface area (Å²) in [6, 6.07) is 19.3. The molecule has 5 rings (SSSR count). The molecule has 0 bridgehead atoms. The number of hydrogen-bond donors (Lipinski definition) is 0. The smallest absolute Gasteiger partial charge is 0.338 e. The second kappa shape index (κ2) is 15.0. The van der Waals surface area contributed by atoms with E-state index in [0.29, 0.717) is 62.4 Å². The van der Waals surface area contributed by atoms with Gasteiger partial charge < -0.3 is 23.7 Å². The van der Waals surface area contributed by atoms with Crippen molar-refractivity contribution in [2.75, 3.05) is 20.3 Å². The Kier molecular flexibility index (Phi) is 10.7. The number of rotatable bonds is 12. The highest BCUT2D eigenvalue weighted by atomic mass is 32.1. The standard InChI is InChI=1S/C37H37N3O7S/c1-7-44-31-17-26(13-15-28(31)46-21-25-11-9-24(20-38)10-12-25)18-32-35(41)40-34(27-14-16-29(47-22(3)4)30(19-27)43-6)33(36(42)45-8-2)23(5)39-37(40)48-32/h9-19,22,34H,7-8,21H2,1-6H3/b32-18+/t34-/m1/s1. The first-order valence-electron chi connectivity index (χ1n) is 15.6. The quantitative estimate of drug-likeness (QED) is 0.183. The second-order valence-corrected chi connectivity index (χ2v) is 12.1. The topological polar surface area (TPSA) is 121 Å². The zero-order chi connectivity index (χ0) is 34.4.